The van der Waals surface area contributed by atoms with E-state index in [9.17, 15) is 10.2 Å². The van der Waals surface area contributed by atoms with Crippen molar-refractivity contribution < 1.29 is 19.7 Å². The summed E-state index contributed by atoms with van der Waals surface area (Å²) in [5.41, 5.74) is 0.744. The zero-order valence-corrected chi connectivity index (χ0v) is 9.54. The lowest BCUT2D eigenvalue weighted by atomic mass is 10.1. The lowest BCUT2D eigenvalue weighted by Gasteiger charge is -2.07. The van der Waals surface area contributed by atoms with Crippen molar-refractivity contribution in [2.24, 2.45) is 0 Å². The molecule has 1 aromatic heterocycles. The van der Waals surface area contributed by atoms with Gasteiger partial charge in [0.2, 0.25) is 18.6 Å². The maximum Gasteiger partial charge on any atom is 0.231 e. The van der Waals surface area contributed by atoms with Gasteiger partial charge in [0.1, 0.15) is 11.4 Å². The summed E-state index contributed by atoms with van der Waals surface area (Å²) in [6, 6.07) is 5.06. The van der Waals surface area contributed by atoms with Gasteiger partial charge in [-0.3, -0.25) is 0 Å². The summed E-state index contributed by atoms with van der Waals surface area (Å²) >= 11 is 0. The second-order valence-corrected chi connectivity index (χ2v) is 3.86. The molecule has 2 aromatic rings. The quantitative estimate of drug-likeness (QED) is 0.794. The second-order valence-electron chi connectivity index (χ2n) is 3.86. The van der Waals surface area contributed by atoms with Crippen molar-refractivity contribution in [1.29, 1.82) is 0 Å². The third-order valence-electron chi connectivity index (χ3n) is 2.64. The van der Waals surface area contributed by atoms with Gasteiger partial charge in [-0.1, -0.05) is 6.07 Å². The fourth-order valence-electron chi connectivity index (χ4n) is 1.85. The van der Waals surface area contributed by atoms with Crippen molar-refractivity contribution in [1.82, 2.24) is 9.97 Å². The molecule has 0 saturated carbocycles. The van der Waals surface area contributed by atoms with Crippen LogP contribution in [0, 0.1) is 6.92 Å². The van der Waals surface area contributed by atoms with E-state index in [1.807, 2.05) is 0 Å². The predicted octanol–water partition coefficient (Wildman–Crippen LogP) is 1.59. The number of hydrogen-bond donors (Lipinski definition) is 2. The van der Waals surface area contributed by atoms with E-state index < -0.39 is 0 Å². The van der Waals surface area contributed by atoms with Crippen LogP contribution in [0.3, 0.4) is 0 Å². The Hall–Kier alpha value is -2.50. The highest BCUT2D eigenvalue weighted by Crippen LogP contribution is 2.40. The van der Waals surface area contributed by atoms with Crippen LogP contribution in [0.25, 0.3) is 11.1 Å². The van der Waals surface area contributed by atoms with Crippen LogP contribution in [0.15, 0.2) is 18.2 Å². The Balaban J connectivity index is 2.16. The van der Waals surface area contributed by atoms with E-state index in [2.05, 4.69) is 9.97 Å². The number of rotatable bonds is 1. The fourth-order valence-corrected chi connectivity index (χ4v) is 1.85. The van der Waals surface area contributed by atoms with Crippen LogP contribution < -0.4 is 9.47 Å². The number of aromatic nitrogens is 2. The third-order valence-corrected chi connectivity index (χ3v) is 2.64. The fraction of sp³-hybridized carbons (Fsp3) is 0.167. The van der Waals surface area contributed by atoms with Crippen molar-refractivity contribution >= 4 is 0 Å². The summed E-state index contributed by atoms with van der Waals surface area (Å²) in [5, 5.41) is 19.6. The SMILES string of the molecule is Cc1nc(O)c(-c2ccc3c(c2)OCO3)c(O)n1. The highest BCUT2D eigenvalue weighted by molar-refractivity contribution is 5.75. The third kappa shape index (κ3) is 1.58. The molecule has 6 nitrogen and oxygen atoms in total. The summed E-state index contributed by atoms with van der Waals surface area (Å²) in [7, 11) is 0. The molecule has 0 radical (unpaired) electrons. The standard InChI is InChI=1S/C12H10N2O4/c1-6-13-11(15)10(12(16)14-6)7-2-3-8-9(4-7)18-5-17-8/h2-4H,5H2,1H3,(H2,13,14,15,16). The van der Waals surface area contributed by atoms with Gasteiger partial charge in [-0.25, -0.2) is 0 Å². The molecule has 3 rings (SSSR count). The topological polar surface area (TPSA) is 84.7 Å². The van der Waals surface area contributed by atoms with Crippen molar-refractivity contribution in [3.05, 3.63) is 24.0 Å². The first-order valence-electron chi connectivity index (χ1n) is 5.32. The molecule has 0 spiro atoms. The molecule has 0 saturated heterocycles. The van der Waals surface area contributed by atoms with Gasteiger partial charge < -0.3 is 19.7 Å². The molecule has 92 valence electrons. The van der Waals surface area contributed by atoms with Gasteiger partial charge in [-0.15, -0.1) is 0 Å². The first-order valence-corrected chi connectivity index (χ1v) is 5.32. The van der Waals surface area contributed by atoms with Crippen molar-refractivity contribution in [2.75, 3.05) is 6.79 Å². The Morgan fingerprint density at radius 1 is 1.06 bits per heavy atom. The molecule has 0 unspecified atom stereocenters. The van der Waals surface area contributed by atoms with Crippen molar-refractivity contribution in [2.45, 2.75) is 6.92 Å². The van der Waals surface area contributed by atoms with Gasteiger partial charge in [0.05, 0.1) is 0 Å². The Labute approximate surface area is 102 Å². The predicted molar refractivity (Wildman–Crippen MR) is 61.7 cm³/mol. The zero-order chi connectivity index (χ0) is 12.7. The van der Waals surface area contributed by atoms with Gasteiger partial charge in [0.15, 0.2) is 11.5 Å². The maximum absolute atomic E-state index is 9.79. The van der Waals surface area contributed by atoms with E-state index in [4.69, 9.17) is 9.47 Å². The second kappa shape index (κ2) is 3.76. The van der Waals surface area contributed by atoms with Crippen LogP contribution in [0.5, 0.6) is 23.3 Å². The molecule has 0 atom stereocenters. The zero-order valence-electron chi connectivity index (χ0n) is 9.54. The molecule has 2 heterocycles. The number of hydrogen-bond acceptors (Lipinski definition) is 6. The van der Waals surface area contributed by atoms with Crippen LogP contribution in [-0.4, -0.2) is 27.0 Å². The van der Waals surface area contributed by atoms with Gasteiger partial charge in [0, 0.05) is 0 Å². The van der Waals surface area contributed by atoms with Crippen LogP contribution in [0.2, 0.25) is 0 Å². The Bertz CT molecular complexity index is 604. The van der Waals surface area contributed by atoms with Gasteiger partial charge in [-0.05, 0) is 24.6 Å². The normalized spacial score (nSPS) is 12.7. The number of aromatic hydroxyl groups is 2. The Morgan fingerprint density at radius 3 is 2.44 bits per heavy atom. The molecule has 0 bridgehead atoms. The molecular formula is C12H10N2O4. The molecule has 2 N–H and O–H groups in total. The Kier molecular flexibility index (Phi) is 2.22. The number of nitrogens with zero attached hydrogens (tertiary/aromatic N) is 2. The summed E-state index contributed by atoms with van der Waals surface area (Å²) in [6.45, 7) is 1.75. The lowest BCUT2D eigenvalue weighted by molar-refractivity contribution is 0.174. The van der Waals surface area contributed by atoms with E-state index >= 15 is 0 Å². The molecule has 18 heavy (non-hydrogen) atoms. The molecule has 1 aliphatic rings. The minimum absolute atomic E-state index is 0.168. The molecular weight excluding hydrogens is 236 g/mol. The van der Waals surface area contributed by atoms with Crippen molar-refractivity contribution in [3.8, 4) is 34.4 Å². The van der Waals surface area contributed by atoms with Crippen LogP contribution >= 0.6 is 0 Å². The highest BCUT2D eigenvalue weighted by atomic mass is 16.7. The number of ether oxygens (including phenoxy) is 2. The molecule has 0 aliphatic carbocycles. The van der Waals surface area contributed by atoms with Gasteiger partial charge >= 0.3 is 0 Å². The van der Waals surface area contributed by atoms with E-state index in [-0.39, 0.29) is 24.1 Å². The molecule has 0 fully saturated rings. The smallest absolute Gasteiger partial charge is 0.231 e. The van der Waals surface area contributed by atoms with Crippen LogP contribution in [0.4, 0.5) is 0 Å². The van der Waals surface area contributed by atoms with E-state index in [1.54, 1.807) is 25.1 Å². The summed E-state index contributed by atoms with van der Waals surface area (Å²) < 4.78 is 10.4. The average molecular weight is 246 g/mol. The molecule has 6 heteroatoms. The summed E-state index contributed by atoms with van der Waals surface area (Å²) in [6.07, 6.45) is 0. The largest absolute Gasteiger partial charge is 0.493 e. The Morgan fingerprint density at radius 2 is 1.72 bits per heavy atom. The van der Waals surface area contributed by atoms with Gasteiger partial charge in [0.25, 0.3) is 0 Å². The first kappa shape index (κ1) is 10.6. The highest BCUT2D eigenvalue weighted by Gasteiger charge is 2.19. The van der Waals surface area contributed by atoms with Crippen molar-refractivity contribution in [3.63, 3.8) is 0 Å². The lowest BCUT2D eigenvalue weighted by Crippen LogP contribution is -1.93. The number of fused-ring (bicyclic) bond motifs is 1. The van der Waals surface area contributed by atoms with Gasteiger partial charge in [-0.2, -0.15) is 9.97 Å². The van der Waals surface area contributed by atoms with E-state index in [1.165, 1.54) is 0 Å². The van der Waals surface area contributed by atoms with E-state index in [0.717, 1.165) is 0 Å². The number of benzene rings is 1. The summed E-state index contributed by atoms with van der Waals surface area (Å²) in [5.74, 6) is 0.963. The molecule has 1 aromatic carbocycles. The average Bonchev–Trinajstić information content (AvgIpc) is 2.74. The molecule has 1 aliphatic heterocycles. The maximum atomic E-state index is 9.79. The van der Waals surface area contributed by atoms with E-state index in [0.29, 0.717) is 22.9 Å². The minimum Gasteiger partial charge on any atom is -0.493 e. The number of aryl methyl sites for hydroxylation is 1. The van der Waals surface area contributed by atoms with Crippen LogP contribution in [0.1, 0.15) is 5.82 Å². The summed E-state index contributed by atoms with van der Waals surface area (Å²) in [4.78, 5) is 7.63. The minimum atomic E-state index is -0.265. The first-order chi connectivity index (χ1) is 8.65. The molecule has 0 amide bonds. The monoisotopic (exact) mass is 246 g/mol. The van der Waals surface area contributed by atoms with Crippen LogP contribution in [-0.2, 0) is 0 Å².